The summed E-state index contributed by atoms with van der Waals surface area (Å²) in [4.78, 5) is 8.74. The van der Waals surface area contributed by atoms with Crippen molar-refractivity contribution in [3.63, 3.8) is 0 Å². The maximum atomic E-state index is 10.1. The molecule has 21 heavy (non-hydrogen) atoms. The quantitative estimate of drug-likeness (QED) is 0.556. The Morgan fingerprint density at radius 1 is 1.38 bits per heavy atom. The zero-order valence-electron chi connectivity index (χ0n) is 11.5. The summed E-state index contributed by atoms with van der Waals surface area (Å²) < 4.78 is 0. The summed E-state index contributed by atoms with van der Waals surface area (Å²) in [7, 11) is 0. The number of hydrogen-bond acceptors (Lipinski definition) is 7. The molecule has 3 aromatic heterocycles. The van der Waals surface area contributed by atoms with Gasteiger partial charge in [0, 0.05) is 13.1 Å². The molecule has 0 aliphatic rings. The number of aromatic amines is 1. The van der Waals surface area contributed by atoms with Crippen LogP contribution in [-0.2, 0) is 0 Å². The van der Waals surface area contributed by atoms with Crippen LogP contribution in [0.5, 0.6) is 0 Å². The van der Waals surface area contributed by atoms with Crippen molar-refractivity contribution in [2.75, 3.05) is 23.7 Å². The fraction of sp³-hybridized carbons (Fsp3) is 0.308. The number of aliphatic hydroxyl groups is 1. The van der Waals surface area contributed by atoms with Crippen molar-refractivity contribution in [3.8, 4) is 0 Å². The molecule has 0 saturated carbocycles. The number of H-pyrrole nitrogens is 1. The molecule has 0 bridgehead atoms. The summed E-state index contributed by atoms with van der Waals surface area (Å²) in [5, 5.41) is 27.9. The van der Waals surface area contributed by atoms with Crippen molar-refractivity contribution in [2.45, 2.75) is 13.0 Å². The Kier molecular flexibility index (Phi) is 3.98. The van der Waals surface area contributed by atoms with Crippen molar-refractivity contribution >= 4 is 34.1 Å². The molecule has 4 N–H and O–H groups in total. The molecule has 3 heterocycles. The van der Waals surface area contributed by atoms with Gasteiger partial charge < -0.3 is 15.7 Å². The minimum Gasteiger partial charge on any atom is -0.387 e. The lowest BCUT2D eigenvalue weighted by atomic mass is 10.2. The molecule has 110 valence electrons. The SMILES string of the molecule is CCNc1nc(NCC(O)c2ccsc2)c2cn[nH]c2n1. The lowest BCUT2D eigenvalue weighted by Crippen LogP contribution is -2.13. The van der Waals surface area contributed by atoms with E-state index in [1.807, 2.05) is 23.8 Å². The van der Waals surface area contributed by atoms with Gasteiger partial charge in [-0.25, -0.2) is 0 Å². The van der Waals surface area contributed by atoms with Gasteiger partial charge in [0.25, 0.3) is 0 Å². The summed E-state index contributed by atoms with van der Waals surface area (Å²) in [5.74, 6) is 1.18. The van der Waals surface area contributed by atoms with E-state index in [0.717, 1.165) is 17.5 Å². The van der Waals surface area contributed by atoms with Crippen LogP contribution in [0.2, 0.25) is 0 Å². The van der Waals surface area contributed by atoms with Crippen LogP contribution in [0, 0.1) is 0 Å². The van der Waals surface area contributed by atoms with Crippen LogP contribution in [0.3, 0.4) is 0 Å². The summed E-state index contributed by atoms with van der Waals surface area (Å²) in [6.45, 7) is 3.09. The molecule has 0 aliphatic carbocycles. The van der Waals surface area contributed by atoms with E-state index in [1.54, 1.807) is 17.5 Å². The molecule has 0 saturated heterocycles. The Labute approximate surface area is 125 Å². The highest BCUT2D eigenvalue weighted by molar-refractivity contribution is 7.07. The van der Waals surface area contributed by atoms with E-state index >= 15 is 0 Å². The van der Waals surface area contributed by atoms with E-state index < -0.39 is 6.10 Å². The van der Waals surface area contributed by atoms with Gasteiger partial charge in [0.15, 0.2) is 5.65 Å². The van der Waals surface area contributed by atoms with E-state index in [-0.39, 0.29) is 0 Å². The van der Waals surface area contributed by atoms with Gasteiger partial charge in [0.05, 0.1) is 17.7 Å². The van der Waals surface area contributed by atoms with E-state index in [0.29, 0.717) is 24.0 Å². The van der Waals surface area contributed by atoms with Gasteiger partial charge in [-0.2, -0.15) is 26.4 Å². The largest absolute Gasteiger partial charge is 0.387 e. The predicted octanol–water partition coefficient (Wildman–Crippen LogP) is 1.99. The second-order valence-electron chi connectivity index (χ2n) is 4.51. The fourth-order valence-electron chi connectivity index (χ4n) is 1.98. The molecule has 7 nitrogen and oxygen atoms in total. The Morgan fingerprint density at radius 2 is 2.29 bits per heavy atom. The van der Waals surface area contributed by atoms with Crippen molar-refractivity contribution in [1.29, 1.82) is 0 Å². The Balaban J connectivity index is 1.80. The van der Waals surface area contributed by atoms with Crippen LogP contribution < -0.4 is 10.6 Å². The van der Waals surface area contributed by atoms with Crippen LogP contribution >= 0.6 is 11.3 Å². The van der Waals surface area contributed by atoms with Crippen LogP contribution in [0.4, 0.5) is 11.8 Å². The minimum absolute atomic E-state index is 0.375. The number of nitrogens with one attached hydrogen (secondary N) is 3. The predicted molar refractivity (Wildman–Crippen MR) is 83.6 cm³/mol. The Hall–Kier alpha value is -2.19. The first-order valence-electron chi connectivity index (χ1n) is 6.67. The number of aromatic nitrogens is 4. The molecule has 0 spiro atoms. The molecule has 0 fully saturated rings. The van der Waals surface area contributed by atoms with Gasteiger partial charge in [-0.3, -0.25) is 5.10 Å². The highest BCUT2D eigenvalue weighted by Gasteiger charge is 2.12. The number of nitrogens with zero attached hydrogens (tertiary/aromatic N) is 3. The van der Waals surface area contributed by atoms with E-state index in [9.17, 15) is 5.11 Å². The van der Waals surface area contributed by atoms with E-state index in [2.05, 4.69) is 30.8 Å². The molecule has 0 aromatic carbocycles. The average Bonchev–Trinajstić information content (AvgIpc) is 3.15. The van der Waals surface area contributed by atoms with Gasteiger partial charge in [0.1, 0.15) is 5.82 Å². The maximum Gasteiger partial charge on any atom is 0.226 e. The summed E-state index contributed by atoms with van der Waals surface area (Å²) in [6, 6.07) is 1.91. The summed E-state index contributed by atoms with van der Waals surface area (Å²) in [6.07, 6.45) is 1.10. The molecule has 1 unspecified atom stereocenters. The number of hydrogen-bond donors (Lipinski definition) is 4. The third-order valence-electron chi connectivity index (χ3n) is 3.04. The van der Waals surface area contributed by atoms with Crippen LogP contribution in [-0.4, -0.2) is 38.4 Å². The number of rotatable bonds is 6. The highest BCUT2D eigenvalue weighted by atomic mass is 32.1. The van der Waals surface area contributed by atoms with Gasteiger partial charge in [-0.15, -0.1) is 0 Å². The average molecular weight is 304 g/mol. The number of fused-ring (bicyclic) bond motifs is 1. The van der Waals surface area contributed by atoms with Crippen molar-refractivity contribution < 1.29 is 5.11 Å². The van der Waals surface area contributed by atoms with Crippen molar-refractivity contribution in [1.82, 2.24) is 20.2 Å². The molecule has 3 aromatic rings. The van der Waals surface area contributed by atoms with Gasteiger partial charge in [-0.1, -0.05) is 0 Å². The number of anilines is 2. The second kappa shape index (κ2) is 6.06. The molecule has 0 radical (unpaired) electrons. The van der Waals surface area contributed by atoms with Gasteiger partial charge in [-0.05, 0) is 29.3 Å². The van der Waals surface area contributed by atoms with Crippen molar-refractivity contribution in [2.24, 2.45) is 0 Å². The normalized spacial score (nSPS) is 12.5. The molecule has 3 rings (SSSR count). The third-order valence-corrected chi connectivity index (χ3v) is 3.74. The van der Waals surface area contributed by atoms with E-state index in [4.69, 9.17) is 0 Å². The second-order valence-corrected chi connectivity index (χ2v) is 5.29. The standard InChI is InChI=1S/C13H16N6OS/c1-2-14-13-17-11(9-5-16-19-12(9)18-13)15-6-10(20)8-3-4-21-7-8/h3-5,7,10,20H,2,6H2,1H3,(H3,14,15,16,17,18,19). The first-order chi connectivity index (χ1) is 10.3. The third kappa shape index (κ3) is 2.96. The minimum atomic E-state index is -0.573. The topological polar surface area (TPSA) is 98.8 Å². The van der Waals surface area contributed by atoms with Gasteiger partial charge >= 0.3 is 0 Å². The number of thiophene rings is 1. The Bertz CT molecular complexity index is 711. The molecule has 0 amide bonds. The van der Waals surface area contributed by atoms with Crippen LogP contribution in [0.25, 0.3) is 11.0 Å². The number of aliphatic hydroxyl groups excluding tert-OH is 1. The van der Waals surface area contributed by atoms with Crippen LogP contribution in [0.1, 0.15) is 18.6 Å². The lowest BCUT2D eigenvalue weighted by molar-refractivity contribution is 0.192. The lowest BCUT2D eigenvalue weighted by Gasteiger charge is -2.12. The van der Waals surface area contributed by atoms with Gasteiger partial charge in [0.2, 0.25) is 5.95 Å². The first kappa shape index (κ1) is 13.8. The molecular formula is C13H16N6OS. The smallest absolute Gasteiger partial charge is 0.226 e. The molecule has 1 atom stereocenters. The monoisotopic (exact) mass is 304 g/mol. The van der Waals surface area contributed by atoms with Crippen molar-refractivity contribution in [3.05, 3.63) is 28.6 Å². The van der Waals surface area contributed by atoms with E-state index in [1.165, 1.54) is 0 Å². The fourth-order valence-corrected chi connectivity index (χ4v) is 2.69. The Morgan fingerprint density at radius 3 is 3.05 bits per heavy atom. The molecule has 8 heteroatoms. The zero-order valence-corrected chi connectivity index (χ0v) is 12.3. The zero-order chi connectivity index (χ0) is 14.7. The maximum absolute atomic E-state index is 10.1. The van der Waals surface area contributed by atoms with Crippen LogP contribution in [0.15, 0.2) is 23.0 Å². The highest BCUT2D eigenvalue weighted by Crippen LogP contribution is 2.22. The molecular weight excluding hydrogens is 288 g/mol. The molecule has 0 aliphatic heterocycles. The summed E-state index contributed by atoms with van der Waals surface area (Å²) in [5.41, 5.74) is 1.56. The first-order valence-corrected chi connectivity index (χ1v) is 7.61. The summed E-state index contributed by atoms with van der Waals surface area (Å²) >= 11 is 1.56.